The molecule has 1 amide bonds. The van der Waals surface area contributed by atoms with Crippen molar-refractivity contribution in [3.63, 3.8) is 0 Å². The van der Waals surface area contributed by atoms with E-state index in [9.17, 15) is 4.79 Å². The predicted molar refractivity (Wildman–Crippen MR) is 129 cm³/mol. The molecule has 1 atom stereocenters. The Kier molecular flexibility index (Phi) is 5.68. The van der Waals surface area contributed by atoms with E-state index >= 15 is 0 Å². The molecule has 2 aliphatic rings. The molecule has 0 radical (unpaired) electrons. The zero-order valence-electron chi connectivity index (χ0n) is 19.0. The number of ether oxygens (including phenoxy) is 1. The molecule has 0 aliphatic carbocycles. The van der Waals surface area contributed by atoms with Crippen molar-refractivity contribution in [1.82, 2.24) is 19.7 Å². The molecule has 2 aromatic heterocycles. The third kappa shape index (κ3) is 4.26. The minimum atomic E-state index is 0.0435. The Morgan fingerprint density at radius 3 is 2.88 bits per heavy atom. The SMILES string of the molecule is CC(=O)N1CCC(=N[C@H]2CCOC2)C(=C(N)c2cccc3ncc(-c4cnn(C)c4)cc23)C1. The normalized spacial score (nSPS) is 21.7. The second-order valence-corrected chi connectivity index (χ2v) is 8.67. The maximum absolute atomic E-state index is 12.2. The zero-order valence-corrected chi connectivity index (χ0v) is 19.0. The van der Waals surface area contributed by atoms with Crippen LogP contribution < -0.4 is 5.73 Å². The quantitative estimate of drug-likeness (QED) is 0.670. The standard InChI is InChI=1S/C25H28N6O2/c1-16(32)31-8-6-24(29-19-7-9-33-15-19)22(14-31)25(26)20-4-3-5-23-21(20)10-17(11-27-23)18-12-28-30(2)13-18/h3-5,10-13,19H,6-9,14-15,26H2,1-2H3/t19-/m0/s1. The smallest absolute Gasteiger partial charge is 0.219 e. The van der Waals surface area contributed by atoms with E-state index in [2.05, 4.69) is 16.1 Å². The van der Waals surface area contributed by atoms with Gasteiger partial charge in [-0.05, 0) is 18.6 Å². The van der Waals surface area contributed by atoms with E-state index < -0.39 is 0 Å². The van der Waals surface area contributed by atoms with Crippen LogP contribution >= 0.6 is 0 Å². The minimum absolute atomic E-state index is 0.0435. The topological polar surface area (TPSA) is 98.6 Å². The monoisotopic (exact) mass is 444 g/mol. The lowest BCUT2D eigenvalue weighted by molar-refractivity contribution is -0.128. The molecular formula is C25H28N6O2. The highest BCUT2D eigenvalue weighted by molar-refractivity contribution is 6.09. The van der Waals surface area contributed by atoms with Gasteiger partial charge < -0.3 is 15.4 Å². The van der Waals surface area contributed by atoms with Gasteiger partial charge in [-0.2, -0.15) is 5.10 Å². The molecule has 0 saturated carbocycles. The van der Waals surface area contributed by atoms with Crippen LogP contribution in [0.5, 0.6) is 0 Å². The third-order valence-corrected chi connectivity index (χ3v) is 6.38. The van der Waals surface area contributed by atoms with Crippen LogP contribution in [0.25, 0.3) is 27.7 Å². The summed E-state index contributed by atoms with van der Waals surface area (Å²) in [6.07, 6.45) is 7.26. The van der Waals surface area contributed by atoms with Gasteiger partial charge in [0.25, 0.3) is 0 Å². The van der Waals surface area contributed by atoms with Crippen molar-refractivity contribution in [2.45, 2.75) is 25.8 Å². The van der Waals surface area contributed by atoms with Gasteiger partial charge in [-0.25, -0.2) is 0 Å². The van der Waals surface area contributed by atoms with Crippen LogP contribution in [0, 0.1) is 0 Å². The molecule has 2 fully saturated rings. The summed E-state index contributed by atoms with van der Waals surface area (Å²) in [6, 6.07) is 8.22. The number of rotatable bonds is 3. The fourth-order valence-electron chi connectivity index (χ4n) is 4.52. The first kappa shape index (κ1) is 21.3. The molecule has 170 valence electrons. The Morgan fingerprint density at radius 1 is 1.27 bits per heavy atom. The summed E-state index contributed by atoms with van der Waals surface area (Å²) in [7, 11) is 1.89. The Hall–Kier alpha value is -3.52. The molecule has 2 N–H and O–H groups in total. The number of amides is 1. The molecule has 0 unspecified atom stereocenters. The van der Waals surface area contributed by atoms with Crippen LogP contribution in [0.2, 0.25) is 0 Å². The number of hydrogen-bond donors (Lipinski definition) is 1. The first-order chi connectivity index (χ1) is 16.0. The average molecular weight is 445 g/mol. The number of nitrogens with zero attached hydrogens (tertiary/aromatic N) is 5. The fourth-order valence-corrected chi connectivity index (χ4v) is 4.52. The van der Waals surface area contributed by atoms with Crippen molar-refractivity contribution in [2.24, 2.45) is 17.8 Å². The van der Waals surface area contributed by atoms with Gasteiger partial charge in [0, 0.05) is 91.5 Å². The number of pyridine rings is 1. The molecule has 1 aromatic carbocycles. The summed E-state index contributed by atoms with van der Waals surface area (Å²) < 4.78 is 7.29. The highest BCUT2D eigenvalue weighted by Gasteiger charge is 2.26. The number of aromatic nitrogens is 3. The molecule has 5 rings (SSSR count). The largest absolute Gasteiger partial charge is 0.398 e. The van der Waals surface area contributed by atoms with Crippen molar-refractivity contribution in [1.29, 1.82) is 0 Å². The number of likely N-dealkylation sites (tertiary alicyclic amines) is 1. The lowest BCUT2D eigenvalue weighted by Gasteiger charge is -2.31. The van der Waals surface area contributed by atoms with E-state index in [0.717, 1.165) is 51.9 Å². The lowest BCUT2D eigenvalue weighted by atomic mass is 9.94. The second-order valence-electron chi connectivity index (χ2n) is 8.67. The van der Waals surface area contributed by atoms with Gasteiger partial charge in [0.2, 0.25) is 5.91 Å². The van der Waals surface area contributed by atoms with E-state index in [1.807, 2.05) is 48.7 Å². The second kappa shape index (κ2) is 8.78. The minimum Gasteiger partial charge on any atom is -0.398 e. The number of benzene rings is 1. The van der Waals surface area contributed by atoms with Gasteiger partial charge in [0.1, 0.15) is 0 Å². The third-order valence-electron chi connectivity index (χ3n) is 6.38. The first-order valence-corrected chi connectivity index (χ1v) is 11.3. The van der Waals surface area contributed by atoms with Crippen LogP contribution in [0.4, 0.5) is 0 Å². The Bertz CT molecular complexity index is 1270. The number of aryl methyl sites for hydroxylation is 1. The Morgan fingerprint density at radius 2 is 2.15 bits per heavy atom. The molecule has 33 heavy (non-hydrogen) atoms. The summed E-state index contributed by atoms with van der Waals surface area (Å²) in [6.45, 7) is 4.09. The fraction of sp³-hybridized carbons (Fsp3) is 0.360. The lowest BCUT2D eigenvalue weighted by Crippen LogP contribution is -2.40. The number of carbonyl (C=O) groups is 1. The highest BCUT2D eigenvalue weighted by Crippen LogP contribution is 2.30. The molecular weight excluding hydrogens is 416 g/mol. The molecule has 2 saturated heterocycles. The van der Waals surface area contributed by atoms with Crippen LogP contribution in [-0.2, 0) is 16.6 Å². The van der Waals surface area contributed by atoms with Gasteiger partial charge >= 0.3 is 0 Å². The van der Waals surface area contributed by atoms with Crippen molar-refractivity contribution in [3.05, 3.63) is 54.0 Å². The molecule has 0 spiro atoms. The van der Waals surface area contributed by atoms with E-state index in [0.29, 0.717) is 31.8 Å². The molecule has 0 bridgehead atoms. The van der Waals surface area contributed by atoms with Gasteiger partial charge in [0.05, 0.1) is 24.4 Å². The maximum atomic E-state index is 12.2. The molecule has 8 nitrogen and oxygen atoms in total. The number of hydrogen-bond acceptors (Lipinski definition) is 6. The number of aliphatic imine (C=N–C) groups is 1. The van der Waals surface area contributed by atoms with Gasteiger partial charge in [0.15, 0.2) is 0 Å². The number of nitrogens with two attached hydrogens (primary N) is 1. The zero-order chi connectivity index (χ0) is 22.9. The van der Waals surface area contributed by atoms with Crippen LogP contribution in [-0.4, -0.2) is 63.6 Å². The van der Waals surface area contributed by atoms with E-state index in [1.165, 1.54) is 0 Å². The summed E-state index contributed by atoms with van der Waals surface area (Å²) in [5.74, 6) is 0.0435. The van der Waals surface area contributed by atoms with Gasteiger partial charge in [-0.1, -0.05) is 12.1 Å². The molecule has 8 heteroatoms. The summed E-state index contributed by atoms with van der Waals surface area (Å²) in [5.41, 5.74) is 13.1. The van der Waals surface area contributed by atoms with Gasteiger partial charge in [-0.3, -0.25) is 19.5 Å². The van der Waals surface area contributed by atoms with Crippen molar-refractivity contribution >= 4 is 28.2 Å². The number of fused-ring (bicyclic) bond motifs is 1. The van der Waals surface area contributed by atoms with E-state index in [-0.39, 0.29) is 11.9 Å². The summed E-state index contributed by atoms with van der Waals surface area (Å²) >= 11 is 0. The molecule has 4 heterocycles. The van der Waals surface area contributed by atoms with Gasteiger partial charge in [-0.15, -0.1) is 0 Å². The Balaban J connectivity index is 1.63. The van der Waals surface area contributed by atoms with Crippen molar-refractivity contribution < 1.29 is 9.53 Å². The average Bonchev–Trinajstić information content (AvgIpc) is 3.50. The maximum Gasteiger partial charge on any atom is 0.219 e. The molecule has 3 aromatic rings. The highest BCUT2D eigenvalue weighted by atomic mass is 16.5. The number of piperidine rings is 1. The predicted octanol–water partition coefficient (Wildman–Crippen LogP) is 2.79. The van der Waals surface area contributed by atoms with E-state index in [4.69, 9.17) is 15.5 Å². The van der Waals surface area contributed by atoms with Crippen molar-refractivity contribution in [2.75, 3.05) is 26.3 Å². The van der Waals surface area contributed by atoms with Crippen LogP contribution in [0.1, 0.15) is 25.3 Å². The van der Waals surface area contributed by atoms with E-state index in [1.54, 1.807) is 11.6 Å². The summed E-state index contributed by atoms with van der Waals surface area (Å²) in [5, 5.41) is 5.24. The Labute approximate surface area is 192 Å². The molecule has 2 aliphatic heterocycles. The van der Waals surface area contributed by atoms with Crippen LogP contribution in [0.3, 0.4) is 0 Å². The van der Waals surface area contributed by atoms with Crippen LogP contribution in [0.15, 0.2) is 53.4 Å². The number of carbonyl (C=O) groups excluding carboxylic acids is 1. The first-order valence-electron chi connectivity index (χ1n) is 11.3. The summed E-state index contributed by atoms with van der Waals surface area (Å²) in [4.78, 5) is 23.7. The van der Waals surface area contributed by atoms with Crippen molar-refractivity contribution in [3.8, 4) is 11.1 Å².